The molecule has 1 heterocycles. The third kappa shape index (κ3) is 4.31. The zero-order chi connectivity index (χ0) is 13.7. The third-order valence-electron chi connectivity index (χ3n) is 3.89. The first-order chi connectivity index (χ1) is 9.15. The number of hydrogen-bond donors (Lipinski definition) is 2. The van der Waals surface area contributed by atoms with Crippen molar-refractivity contribution in [3.8, 4) is 0 Å². The van der Waals surface area contributed by atoms with Crippen LogP contribution in [0.1, 0.15) is 36.8 Å². The van der Waals surface area contributed by atoms with Crippen molar-refractivity contribution < 1.29 is 9.90 Å². The average molecular weight is 262 g/mol. The minimum Gasteiger partial charge on any atom is -0.481 e. The van der Waals surface area contributed by atoms with Crippen LogP contribution < -0.4 is 5.32 Å². The summed E-state index contributed by atoms with van der Waals surface area (Å²) in [5.41, 5.74) is 2.39. The van der Waals surface area contributed by atoms with Crippen molar-refractivity contribution in [1.82, 2.24) is 10.3 Å². The Morgan fingerprint density at radius 2 is 2.11 bits per heavy atom. The molecule has 104 valence electrons. The molecule has 2 rings (SSSR count). The summed E-state index contributed by atoms with van der Waals surface area (Å²) in [6.45, 7) is 3.86. The van der Waals surface area contributed by atoms with Gasteiger partial charge in [0.15, 0.2) is 0 Å². The zero-order valence-corrected chi connectivity index (χ0v) is 11.4. The summed E-state index contributed by atoms with van der Waals surface area (Å²) in [6.07, 6.45) is 7.45. The molecule has 4 heteroatoms. The second kappa shape index (κ2) is 6.66. The summed E-state index contributed by atoms with van der Waals surface area (Å²) in [5.74, 6) is -0.122. The van der Waals surface area contributed by atoms with E-state index in [9.17, 15) is 4.79 Å². The first-order valence-corrected chi connectivity index (χ1v) is 6.99. The molecule has 0 atom stereocenters. The molecule has 0 radical (unpaired) electrons. The van der Waals surface area contributed by atoms with Gasteiger partial charge >= 0.3 is 5.97 Å². The molecule has 1 aromatic rings. The van der Waals surface area contributed by atoms with E-state index in [2.05, 4.69) is 16.4 Å². The van der Waals surface area contributed by atoms with Gasteiger partial charge in [-0.05, 0) is 56.2 Å². The Kier molecular flexibility index (Phi) is 4.91. The summed E-state index contributed by atoms with van der Waals surface area (Å²) in [6, 6.07) is 2.14. The van der Waals surface area contributed by atoms with Crippen molar-refractivity contribution in [3.63, 3.8) is 0 Å². The van der Waals surface area contributed by atoms with Crippen LogP contribution in [0.4, 0.5) is 0 Å². The van der Waals surface area contributed by atoms with Gasteiger partial charge in [0.25, 0.3) is 0 Å². The van der Waals surface area contributed by atoms with Crippen LogP contribution in [0.15, 0.2) is 18.5 Å². The Balaban J connectivity index is 1.68. The average Bonchev–Trinajstić information content (AvgIpc) is 2.39. The van der Waals surface area contributed by atoms with E-state index >= 15 is 0 Å². The molecule has 0 aromatic carbocycles. The van der Waals surface area contributed by atoms with Crippen molar-refractivity contribution >= 4 is 5.97 Å². The lowest BCUT2D eigenvalue weighted by molar-refractivity contribution is -0.143. The number of carbonyl (C=O) groups is 1. The number of rotatable bonds is 5. The second-order valence-corrected chi connectivity index (χ2v) is 5.56. The van der Waals surface area contributed by atoms with Gasteiger partial charge in [-0.1, -0.05) is 6.07 Å². The van der Waals surface area contributed by atoms with Gasteiger partial charge in [-0.2, -0.15) is 0 Å². The summed E-state index contributed by atoms with van der Waals surface area (Å²) in [4.78, 5) is 15.0. The van der Waals surface area contributed by atoms with Gasteiger partial charge in [-0.25, -0.2) is 0 Å². The smallest absolute Gasteiger partial charge is 0.306 e. The number of carboxylic acids is 1. The number of nitrogens with zero attached hydrogens (tertiary/aromatic N) is 1. The van der Waals surface area contributed by atoms with Crippen LogP contribution in [0.2, 0.25) is 0 Å². The Morgan fingerprint density at radius 1 is 1.37 bits per heavy atom. The highest BCUT2D eigenvalue weighted by atomic mass is 16.4. The number of aromatic nitrogens is 1. The third-order valence-corrected chi connectivity index (χ3v) is 3.89. The molecule has 0 spiro atoms. The molecule has 0 unspecified atom stereocenters. The Bertz CT molecular complexity index is 426. The minimum absolute atomic E-state index is 0.114. The molecular weight excluding hydrogens is 240 g/mol. The van der Waals surface area contributed by atoms with Crippen molar-refractivity contribution in [1.29, 1.82) is 0 Å². The highest BCUT2D eigenvalue weighted by Crippen LogP contribution is 2.28. The van der Waals surface area contributed by atoms with E-state index in [0.717, 1.165) is 38.8 Å². The number of aliphatic carboxylic acids is 1. The van der Waals surface area contributed by atoms with Gasteiger partial charge in [0.1, 0.15) is 0 Å². The van der Waals surface area contributed by atoms with Crippen molar-refractivity contribution in [2.75, 3.05) is 6.54 Å². The molecule has 0 aliphatic heterocycles. The predicted octanol–water partition coefficient (Wildman–Crippen LogP) is 2.37. The zero-order valence-electron chi connectivity index (χ0n) is 11.4. The Labute approximate surface area is 114 Å². The molecular formula is C15H22N2O2. The van der Waals surface area contributed by atoms with Crippen LogP contribution in [0.5, 0.6) is 0 Å². The van der Waals surface area contributed by atoms with E-state index < -0.39 is 5.97 Å². The van der Waals surface area contributed by atoms with E-state index in [4.69, 9.17) is 5.11 Å². The number of aryl methyl sites for hydroxylation is 1. The summed E-state index contributed by atoms with van der Waals surface area (Å²) in [5, 5.41) is 12.4. The molecule has 1 aliphatic rings. The molecule has 19 heavy (non-hydrogen) atoms. The van der Waals surface area contributed by atoms with Crippen molar-refractivity contribution in [2.45, 2.75) is 39.2 Å². The molecule has 0 amide bonds. The predicted molar refractivity (Wildman–Crippen MR) is 73.8 cm³/mol. The number of carboxylic acid groups (broad SMARTS) is 1. The van der Waals surface area contributed by atoms with E-state index in [1.807, 2.05) is 19.3 Å². The van der Waals surface area contributed by atoms with Crippen LogP contribution in [0.3, 0.4) is 0 Å². The maximum atomic E-state index is 10.9. The van der Waals surface area contributed by atoms with Crippen molar-refractivity contribution in [3.05, 3.63) is 29.6 Å². The second-order valence-electron chi connectivity index (χ2n) is 5.56. The number of hydrogen-bond acceptors (Lipinski definition) is 3. The molecule has 2 N–H and O–H groups in total. The highest BCUT2D eigenvalue weighted by molar-refractivity contribution is 5.69. The van der Waals surface area contributed by atoms with Crippen molar-refractivity contribution in [2.24, 2.45) is 11.8 Å². The molecule has 0 saturated heterocycles. The largest absolute Gasteiger partial charge is 0.481 e. The normalized spacial score (nSPS) is 23.2. The van der Waals surface area contributed by atoms with Crippen LogP contribution >= 0.6 is 0 Å². The lowest BCUT2D eigenvalue weighted by Gasteiger charge is -2.26. The molecule has 1 aliphatic carbocycles. The number of nitrogens with one attached hydrogen (secondary N) is 1. The van der Waals surface area contributed by atoms with Crippen LogP contribution in [-0.2, 0) is 11.3 Å². The van der Waals surface area contributed by atoms with E-state index in [0.29, 0.717) is 5.92 Å². The molecule has 1 saturated carbocycles. The SMILES string of the molecule is Cc1cncc(CNCC2CCC(C(=O)O)CC2)c1. The van der Waals surface area contributed by atoms with E-state index in [-0.39, 0.29) is 5.92 Å². The highest BCUT2D eigenvalue weighted by Gasteiger charge is 2.25. The lowest BCUT2D eigenvalue weighted by Crippen LogP contribution is -2.28. The Morgan fingerprint density at radius 3 is 2.74 bits per heavy atom. The van der Waals surface area contributed by atoms with Gasteiger partial charge in [0.05, 0.1) is 5.92 Å². The topological polar surface area (TPSA) is 62.2 Å². The number of pyridine rings is 1. The molecule has 4 nitrogen and oxygen atoms in total. The fourth-order valence-electron chi connectivity index (χ4n) is 2.75. The van der Waals surface area contributed by atoms with Crippen LogP contribution in [0.25, 0.3) is 0 Å². The molecule has 1 aromatic heterocycles. The first-order valence-electron chi connectivity index (χ1n) is 6.99. The fraction of sp³-hybridized carbons (Fsp3) is 0.600. The Hall–Kier alpha value is -1.42. The molecule has 0 bridgehead atoms. The van der Waals surface area contributed by atoms with E-state index in [1.54, 1.807) is 0 Å². The fourth-order valence-corrected chi connectivity index (χ4v) is 2.75. The van der Waals surface area contributed by atoms with Gasteiger partial charge in [0, 0.05) is 18.9 Å². The van der Waals surface area contributed by atoms with Gasteiger partial charge < -0.3 is 10.4 Å². The van der Waals surface area contributed by atoms with E-state index in [1.165, 1.54) is 11.1 Å². The standard InChI is InChI=1S/C15H22N2O2/c1-11-6-13(9-16-7-11)10-17-8-12-2-4-14(5-3-12)15(18)19/h6-7,9,12,14,17H,2-5,8,10H2,1H3,(H,18,19). The maximum Gasteiger partial charge on any atom is 0.306 e. The van der Waals surface area contributed by atoms with Crippen LogP contribution in [-0.4, -0.2) is 22.6 Å². The summed E-state index contributed by atoms with van der Waals surface area (Å²) in [7, 11) is 0. The van der Waals surface area contributed by atoms with Crippen LogP contribution in [0, 0.1) is 18.8 Å². The minimum atomic E-state index is -0.628. The van der Waals surface area contributed by atoms with Gasteiger partial charge in [0.2, 0.25) is 0 Å². The monoisotopic (exact) mass is 262 g/mol. The molecule has 1 fully saturated rings. The quantitative estimate of drug-likeness (QED) is 0.855. The van der Waals surface area contributed by atoms with Gasteiger partial charge in [-0.3, -0.25) is 9.78 Å². The lowest BCUT2D eigenvalue weighted by atomic mass is 9.82. The maximum absolute atomic E-state index is 10.9. The first kappa shape index (κ1) is 14.0. The summed E-state index contributed by atoms with van der Waals surface area (Å²) < 4.78 is 0. The summed E-state index contributed by atoms with van der Waals surface area (Å²) >= 11 is 0. The van der Waals surface area contributed by atoms with Gasteiger partial charge in [-0.15, -0.1) is 0 Å².